The molecule has 0 spiro atoms. The minimum Gasteiger partial charge on any atom is -0.508 e. The van der Waals surface area contributed by atoms with Gasteiger partial charge in [0.05, 0.1) is 18.7 Å². The minimum absolute atomic E-state index is 0.228. The number of H-pyrrole nitrogens is 1. The highest BCUT2D eigenvalue weighted by Gasteiger charge is 2.26. The van der Waals surface area contributed by atoms with Gasteiger partial charge in [0, 0.05) is 31.4 Å². The van der Waals surface area contributed by atoms with Crippen LogP contribution in [0.2, 0.25) is 0 Å². The molecule has 0 atom stereocenters. The van der Waals surface area contributed by atoms with Crippen molar-refractivity contribution in [2.24, 2.45) is 5.92 Å². The first-order valence-electron chi connectivity index (χ1n) is 11.8. The molecule has 2 fully saturated rings. The number of anilines is 1. The Kier molecular flexibility index (Phi) is 6.02. The number of nitrogens with one attached hydrogen (secondary N) is 1. The second-order valence-electron chi connectivity index (χ2n) is 9.46. The molecule has 0 unspecified atom stereocenters. The van der Waals surface area contributed by atoms with Gasteiger partial charge in [-0.05, 0) is 55.5 Å². The molecule has 0 saturated carbocycles. The smallest absolute Gasteiger partial charge is 0.162 e. The van der Waals surface area contributed by atoms with Gasteiger partial charge in [0.15, 0.2) is 11.6 Å². The third-order valence-corrected chi connectivity index (χ3v) is 6.60. The Morgan fingerprint density at radius 3 is 2.62 bits per heavy atom. The first kappa shape index (κ1) is 21.2. The predicted molar refractivity (Wildman–Crippen MR) is 127 cm³/mol. The molecule has 5 rings (SSSR count). The van der Waals surface area contributed by atoms with Crippen molar-refractivity contribution in [3.8, 4) is 17.1 Å². The van der Waals surface area contributed by atoms with Crippen LogP contribution >= 0.6 is 0 Å². The first-order valence-corrected chi connectivity index (χ1v) is 11.8. The number of rotatable bonds is 5. The van der Waals surface area contributed by atoms with Crippen LogP contribution in [0.15, 0.2) is 30.5 Å². The van der Waals surface area contributed by atoms with E-state index in [0.29, 0.717) is 30.9 Å². The summed E-state index contributed by atoms with van der Waals surface area (Å²) in [6, 6.07) is 7.22. The first-order chi connectivity index (χ1) is 15.6. The highest BCUT2D eigenvalue weighted by atomic mass is 16.5. The van der Waals surface area contributed by atoms with E-state index < -0.39 is 0 Å². The van der Waals surface area contributed by atoms with Crippen molar-refractivity contribution < 1.29 is 9.84 Å². The molecule has 0 aliphatic carbocycles. The summed E-state index contributed by atoms with van der Waals surface area (Å²) in [5.41, 5.74) is 4.15. The monoisotopic (exact) mass is 435 g/mol. The predicted octanol–water partition coefficient (Wildman–Crippen LogP) is 4.00. The van der Waals surface area contributed by atoms with E-state index in [1.807, 2.05) is 12.1 Å². The van der Waals surface area contributed by atoms with Gasteiger partial charge < -0.3 is 24.6 Å². The molecule has 2 saturated heterocycles. The van der Waals surface area contributed by atoms with Crippen LogP contribution in [0.4, 0.5) is 5.82 Å². The number of benzene rings is 1. The van der Waals surface area contributed by atoms with Crippen molar-refractivity contribution in [2.45, 2.75) is 32.6 Å². The third kappa shape index (κ3) is 4.32. The van der Waals surface area contributed by atoms with Gasteiger partial charge in [-0.25, -0.2) is 9.97 Å². The number of nitrogens with zero attached hydrogens (tertiary/aromatic N) is 4. The molecule has 1 aromatic carbocycles. The molecule has 0 bridgehead atoms. The Balaban J connectivity index is 1.53. The topological polar surface area (TPSA) is 77.5 Å². The van der Waals surface area contributed by atoms with Crippen LogP contribution < -0.4 is 4.90 Å². The lowest BCUT2D eigenvalue weighted by atomic mass is 9.90. The van der Waals surface area contributed by atoms with E-state index >= 15 is 0 Å². The fraction of sp³-hybridized carbons (Fsp3) is 0.520. The largest absolute Gasteiger partial charge is 0.508 e. The average Bonchev–Trinajstić information content (AvgIpc) is 3.23. The summed E-state index contributed by atoms with van der Waals surface area (Å²) in [5, 5.41) is 10.0. The number of likely N-dealkylation sites (tertiary alicyclic amines) is 1. The molecular weight excluding hydrogens is 402 g/mol. The standard InChI is InChI=1S/C25H33N5O2/c1-17(2)16-29-8-6-18(7-9-29)21-15-26-23-22(21)27-24(19-4-3-5-20(31)14-19)28-25(23)30-10-12-32-13-11-30/h3-5,14-15,17-18,26,31H,6-13,16H2,1-2H3. The summed E-state index contributed by atoms with van der Waals surface area (Å²) < 4.78 is 5.57. The number of morpholine rings is 1. The van der Waals surface area contributed by atoms with Gasteiger partial charge in [-0.1, -0.05) is 26.0 Å². The van der Waals surface area contributed by atoms with Gasteiger partial charge in [0.1, 0.15) is 11.3 Å². The average molecular weight is 436 g/mol. The van der Waals surface area contributed by atoms with E-state index in [-0.39, 0.29) is 5.75 Å². The highest BCUT2D eigenvalue weighted by molar-refractivity contribution is 5.91. The number of aromatic amines is 1. The van der Waals surface area contributed by atoms with Crippen molar-refractivity contribution >= 4 is 16.9 Å². The molecule has 32 heavy (non-hydrogen) atoms. The zero-order valence-electron chi connectivity index (χ0n) is 19.0. The molecule has 7 nitrogen and oxygen atoms in total. The number of ether oxygens (including phenoxy) is 1. The van der Waals surface area contributed by atoms with Crippen molar-refractivity contribution in [3.63, 3.8) is 0 Å². The zero-order chi connectivity index (χ0) is 22.1. The molecule has 2 aliphatic heterocycles. The van der Waals surface area contributed by atoms with Gasteiger partial charge in [0.2, 0.25) is 0 Å². The van der Waals surface area contributed by atoms with Crippen LogP contribution in [0.5, 0.6) is 5.75 Å². The van der Waals surface area contributed by atoms with Crippen LogP contribution in [0, 0.1) is 5.92 Å². The summed E-state index contributed by atoms with van der Waals surface area (Å²) in [6.45, 7) is 11.1. The quantitative estimate of drug-likeness (QED) is 0.631. The third-order valence-electron chi connectivity index (χ3n) is 6.60. The van der Waals surface area contributed by atoms with Gasteiger partial charge in [-0.2, -0.15) is 0 Å². The van der Waals surface area contributed by atoms with E-state index in [1.54, 1.807) is 12.1 Å². The van der Waals surface area contributed by atoms with Crippen molar-refractivity contribution in [1.82, 2.24) is 19.9 Å². The summed E-state index contributed by atoms with van der Waals surface area (Å²) in [4.78, 5) is 18.4. The molecular formula is C25H33N5O2. The molecule has 7 heteroatoms. The fourth-order valence-electron chi connectivity index (χ4n) is 5.04. The van der Waals surface area contributed by atoms with Crippen LogP contribution in [-0.4, -0.2) is 70.9 Å². The summed E-state index contributed by atoms with van der Waals surface area (Å²) in [5.74, 6) is 3.02. The number of phenols is 1. The number of fused-ring (bicyclic) bond motifs is 1. The maximum atomic E-state index is 10.0. The molecule has 2 aromatic heterocycles. The number of phenolic OH excluding ortho intramolecular Hbond substituents is 1. The Labute approximate surface area is 189 Å². The molecule has 2 N–H and O–H groups in total. The maximum absolute atomic E-state index is 10.0. The van der Waals surface area contributed by atoms with Crippen LogP contribution in [0.1, 0.15) is 38.2 Å². The number of hydrogen-bond donors (Lipinski definition) is 2. The van der Waals surface area contributed by atoms with Crippen LogP contribution in [0.25, 0.3) is 22.4 Å². The highest BCUT2D eigenvalue weighted by Crippen LogP contribution is 2.36. The summed E-state index contributed by atoms with van der Waals surface area (Å²) >= 11 is 0. The van der Waals surface area contributed by atoms with E-state index in [4.69, 9.17) is 14.7 Å². The van der Waals surface area contributed by atoms with Crippen molar-refractivity contribution in [3.05, 3.63) is 36.0 Å². The molecule has 3 aromatic rings. The van der Waals surface area contributed by atoms with Crippen molar-refractivity contribution in [1.29, 1.82) is 0 Å². The van der Waals surface area contributed by atoms with Crippen LogP contribution in [0.3, 0.4) is 0 Å². The lowest BCUT2D eigenvalue weighted by Crippen LogP contribution is -2.37. The minimum atomic E-state index is 0.228. The summed E-state index contributed by atoms with van der Waals surface area (Å²) in [7, 11) is 0. The normalized spacial score (nSPS) is 18.7. The van der Waals surface area contributed by atoms with E-state index in [1.165, 1.54) is 12.1 Å². The second-order valence-corrected chi connectivity index (χ2v) is 9.46. The van der Waals surface area contributed by atoms with Gasteiger partial charge >= 0.3 is 0 Å². The number of aromatic nitrogens is 3. The Hall–Kier alpha value is -2.64. The van der Waals surface area contributed by atoms with E-state index in [9.17, 15) is 5.11 Å². The van der Waals surface area contributed by atoms with E-state index in [2.05, 4.69) is 34.8 Å². The Bertz CT molecular complexity index is 1070. The summed E-state index contributed by atoms with van der Waals surface area (Å²) in [6.07, 6.45) is 4.45. The lowest BCUT2D eigenvalue weighted by Gasteiger charge is -2.33. The number of piperidine rings is 1. The maximum Gasteiger partial charge on any atom is 0.162 e. The van der Waals surface area contributed by atoms with E-state index in [0.717, 1.165) is 61.4 Å². The molecule has 0 amide bonds. The second kappa shape index (κ2) is 9.08. The van der Waals surface area contributed by atoms with Crippen LogP contribution in [-0.2, 0) is 4.74 Å². The Morgan fingerprint density at radius 1 is 1.12 bits per heavy atom. The molecule has 2 aliphatic rings. The molecule has 170 valence electrons. The lowest BCUT2D eigenvalue weighted by molar-refractivity contribution is 0.122. The SMILES string of the molecule is CC(C)CN1CCC(c2c[nH]c3c(N4CCOCC4)nc(-c4cccc(O)c4)nc23)CC1. The zero-order valence-corrected chi connectivity index (χ0v) is 19.0. The number of aromatic hydroxyl groups is 1. The van der Waals surface area contributed by atoms with Gasteiger partial charge in [0.25, 0.3) is 0 Å². The van der Waals surface area contributed by atoms with Gasteiger partial charge in [-0.3, -0.25) is 0 Å². The van der Waals surface area contributed by atoms with Gasteiger partial charge in [-0.15, -0.1) is 0 Å². The Morgan fingerprint density at radius 2 is 1.91 bits per heavy atom. The van der Waals surface area contributed by atoms with Crippen molar-refractivity contribution in [2.75, 3.05) is 50.8 Å². The fourth-order valence-corrected chi connectivity index (χ4v) is 5.04. The number of hydrogen-bond acceptors (Lipinski definition) is 6. The molecule has 4 heterocycles. The molecule has 0 radical (unpaired) electrons.